The van der Waals surface area contributed by atoms with E-state index < -0.39 is 17.5 Å². The Bertz CT molecular complexity index is 797. The molecule has 0 heterocycles. The molecule has 22 heavy (non-hydrogen) atoms. The zero-order valence-corrected chi connectivity index (χ0v) is 12.7. The Kier molecular flexibility index (Phi) is 5.02. The van der Waals surface area contributed by atoms with E-state index in [1.165, 1.54) is 6.08 Å². The summed E-state index contributed by atoms with van der Waals surface area (Å²) in [6, 6.07) is 11.5. The molecule has 0 bridgehead atoms. The molecule has 2 aromatic carbocycles. The maximum atomic E-state index is 13.5. The first-order valence-corrected chi connectivity index (χ1v) is 6.93. The minimum Gasteiger partial charge on any atom is -0.319 e. The standard InChI is InChI=1S/C16H9BrF2N2O/c17-13-4-2-1-3-10(13)7-11(9-20)16(22)21-15-6-5-12(18)8-14(15)19/h1-8H,(H,21,22). The molecule has 0 saturated carbocycles. The van der Waals surface area contributed by atoms with Gasteiger partial charge in [-0.2, -0.15) is 5.26 Å². The minimum atomic E-state index is -0.911. The summed E-state index contributed by atoms with van der Waals surface area (Å²) in [7, 11) is 0. The van der Waals surface area contributed by atoms with E-state index in [4.69, 9.17) is 5.26 Å². The van der Waals surface area contributed by atoms with Crippen molar-refractivity contribution in [1.29, 1.82) is 5.26 Å². The van der Waals surface area contributed by atoms with Crippen LogP contribution in [0.15, 0.2) is 52.5 Å². The van der Waals surface area contributed by atoms with E-state index in [0.29, 0.717) is 16.1 Å². The van der Waals surface area contributed by atoms with Gasteiger partial charge in [-0.3, -0.25) is 4.79 Å². The van der Waals surface area contributed by atoms with Gasteiger partial charge in [-0.25, -0.2) is 8.78 Å². The molecular formula is C16H9BrF2N2O. The molecular weight excluding hydrogens is 354 g/mol. The number of rotatable bonds is 3. The lowest BCUT2D eigenvalue weighted by Gasteiger charge is -2.06. The number of hydrogen-bond donors (Lipinski definition) is 1. The molecule has 0 aliphatic carbocycles. The van der Waals surface area contributed by atoms with E-state index in [1.807, 2.05) is 0 Å². The number of nitrogens with one attached hydrogen (secondary N) is 1. The SMILES string of the molecule is N#CC(=Cc1ccccc1Br)C(=O)Nc1ccc(F)cc1F. The highest BCUT2D eigenvalue weighted by molar-refractivity contribution is 9.10. The fourth-order valence-electron chi connectivity index (χ4n) is 1.68. The number of carbonyl (C=O) groups is 1. The topological polar surface area (TPSA) is 52.9 Å². The summed E-state index contributed by atoms with van der Waals surface area (Å²) in [5, 5.41) is 11.3. The molecule has 0 unspecified atom stereocenters. The first kappa shape index (κ1) is 15.9. The molecule has 1 N–H and O–H groups in total. The number of nitrogens with zero attached hydrogens (tertiary/aromatic N) is 1. The van der Waals surface area contributed by atoms with Crippen LogP contribution in [-0.2, 0) is 4.79 Å². The minimum absolute atomic E-state index is 0.195. The van der Waals surface area contributed by atoms with Gasteiger partial charge in [0.2, 0.25) is 0 Å². The fraction of sp³-hybridized carbons (Fsp3) is 0. The summed E-state index contributed by atoms with van der Waals surface area (Å²) in [4.78, 5) is 12.0. The summed E-state index contributed by atoms with van der Waals surface area (Å²) >= 11 is 3.30. The lowest BCUT2D eigenvalue weighted by atomic mass is 10.1. The van der Waals surface area contributed by atoms with Gasteiger partial charge in [0.1, 0.15) is 23.3 Å². The normalized spacial score (nSPS) is 10.9. The summed E-state index contributed by atoms with van der Waals surface area (Å²) in [5.74, 6) is -2.44. The van der Waals surface area contributed by atoms with Crippen molar-refractivity contribution >= 4 is 33.6 Å². The average molecular weight is 363 g/mol. The maximum Gasteiger partial charge on any atom is 0.266 e. The first-order valence-electron chi connectivity index (χ1n) is 6.14. The van der Waals surface area contributed by atoms with Crippen molar-refractivity contribution in [3.8, 4) is 6.07 Å². The predicted molar refractivity (Wildman–Crippen MR) is 82.7 cm³/mol. The van der Waals surface area contributed by atoms with E-state index in [-0.39, 0.29) is 11.3 Å². The van der Waals surface area contributed by atoms with Crippen LogP contribution in [0, 0.1) is 23.0 Å². The van der Waals surface area contributed by atoms with Crippen LogP contribution in [0.4, 0.5) is 14.5 Å². The molecule has 0 aliphatic rings. The number of amides is 1. The van der Waals surface area contributed by atoms with Crippen LogP contribution >= 0.6 is 15.9 Å². The van der Waals surface area contributed by atoms with Gasteiger partial charge in [-0.15, -0.1) is 0 Å². The summed E-state index contributed by atoms with van der Waals surface area (Å²) in [6.45, 7) is 0. The van der Waals surface area contributed by atoms with Crippen molar-refractivity contribution in [2.75, 3.05) is 5.32 Å². The predicted octanol–water partition coefficient (Wildman–Crippen LogP) is 4.27. The van der Waals surface area contributed by atoms with Crippen LogP contribution in [0.25, 0.3) is 6.08 Å². The van der Waals surface area contributed by atoms with Crippen LogP contribution in [0.5, 0.6) is 0 Å². The lowest BCUT2D eigenvalue weighted by molar-refractivity contribution is -0.112. The molecule has 1 amide bonds. The fourth-order valence-corrected chi connectivity index (χ4v) is 2.08. The maximum absolute atomic E-state index is 13.5. The van der Waals surface area contributed by atoms with Gasteiger partial charge >= 0.3 is 0 Å². The van der Waals surface area contributed by atoms with Crippen LogP contribution < -0.4 is 5.32 Å². The van der Waals surface area contributed by atoms with Crippen molar-refractivity contribution in [3.63, 3.8) is 0 Å². The smallest absolute Gasteiger partial charge is 0.266 e. The number of anilines is 1. The molecule has 0 saturated heterocycles. The largest absolute Gasteiger partial charge is 0.319 e. The van der Waals surface area contributed by atoms with Gasteiger partial charge in [0, 0.05) is 10.5 Å². The van der Waals surface area contributed by atoms with E-state index in [2.05, 4.69) is 21.2 Å². The Morgan fingerprint density at radius 2 is 1.95 bits per heavy atom. The third-order valence-corrected chi connectivity index (χ3v) is 3.47. The Labute approximate surface area is 134 Å². The van der Waals surface area contributed by atoms with Crippen molar-refractivity contribution in [2.24, 2.45) is 0 Å². The second-order valence-electron chi connectivity index (χ2n) is 4.27. The van der Waals surface area contributed by atoms with Crippen molar-refractivity contribution in [1.82, 2.24) is 0 Å². The van der Waals surface area contributed by atoms with Crippen LogP contribution in [0.1, 0.15) is 5.56 Å². The Morgan fingerprint density at radius 1 is 1.23 bits per heavy atom. The monoisotopic (exact) mass is 362 g/mol. The van der Waals surface area contributed by atoms with Gasteiger partial charge in [-0.05, 0) is 29.8 Å². The number of nitriles is 1. The number of hydrogen-bond acceptors (Lipinski definition) is 2. The highest BCUT2D eigenvalue weighted by atomic mass is 79.9. The van der Waals surface area contributed by atoms with Crippen LogP contribution in [-0.4, -0.2) is 5.91 Å². The molecule has 2 rings (SSSR count). The van der Waals surface area contributed by atoms with E-state index >= 15 is 0 Å². The third-order valence-electron chi connectivity index (χ3n) is 2.75. The molecule has 3 nitrogen and oxygen atoms in total. The highest BCUT2D eigenvalue weighted by Gasteiger charge is 2.13. The van der Waals surface area contributed by atoms with Gasteiger partial charge in [0.05, 0.1) is 5.69 Å². The molecule has 0 fully saturated rings. The quantitative estimate of drug-likeness (QED) is 0.654. The zero-order valence-electron chi connectivity index (χ0n) is 11.1. The van der Waals surface area contributed by atoms with Gasteiger partial charge in [0.25, 0.3) is 5.91 Å². The van der Waals surface area contributed by atoms with Gasteiger partial charge < -0.3 is 5.32 Å². The van der Waals surface area contributed by atoms with Crippen LogP contribution in [0.2, 0.25) is 0 Å². The molecule has 0 spiro atoms. The zero-order chi connectivity index (χ0) is 16.1. The molecule has 0 radical (unpaired) electrons. The summed E-state index contributed by atoms with van der Waals surface area (Å²) < 4.78 is 27.0. The average Bonchev–Trinajstić information content (AvgIpc) is 2.49. The lowest BCUT2D eigenvalue weighted by Crippen LogP contribution is -2.14. The molecule has 6 heteroatoms. The summed E-state index contributed by atoms with van der Waals surface area (Å²) in [5.41, 5.74) is 0.240. The van der Waals surface area contributed by atoms with Gasteiger partial charge in [0.15, 0.2) is 0 Å². The van der Waals surface area contributed by atoms with E-state index in [9.17, 15) is 13.6 Å². The van der Waals surface area contributed by atoms with Crippen molar-refractivity contribution in [3.05, 3.63) is 69.7 Å². The first-order chi connectivity index (χ1) is 10.5. The Balaban J connectivity index is 2.27. The Hall–Kier alpha value is -2.52. The second kappa shape index (κ2) is 6.96. The number of carbonyl (C=O) groups excluding carboxylic acids is 1. The molecule has 0 atom stereocenters. The Morgan fingerprint density at radius 3 is 2.59 bits per heavy atom. The second-order valence-corrected chi connectivity index (χ2v) is 5.12. The van der Waals surface area contributed by atoms with Crippen molar-refractivity contribution < 1.29 is 13.6 Å². The molecule has 110 valence electrons. The van der Waals surface area contributed by atoms with Crippen molar-refractivity contribution in [2.45, 2.75) is 0 Å². The molecule has 2 aromatic rings. The highest BCUT2D eigenvalue weighted by Crippen LogP contribution is 2.20. The number of benzene rings is 2. The summed E-state index contributed by atoms with van der Waals surface area (Å²) in [6.07, 6.45) is 1.38. The number of halogens is 3. The van der Waals surface area contributed by atoms with Crippen LogP contribution in [0.3, 0.4) is 0 Å². The van der Waals surface area contributed by atoms with E-state index in [0.717, 1.165) is 12.1 Å². The third kappa shape index (κ3) is 3.77. The molecule has 0 aromatic heterocycles. The van der Waals surface area contributed by atoms with Gasteiger partial charge in [-0.1, -0.05) is 34.1 Å². The molecule has 0 aliphatic heterocycles. The van der Waals surface area contributed by atoms with E-state index in [1.54, 1.807) is 30.3 Å².